The molecule has 1 N–H and O–H groups in total. The molecule has 4 rings (SSSR count). The van der Waals surface area contributed by atoms with E-state index in [4.69, 9.17) is 9.47 Å². The molecule has 1 heterocycles. The Morgan fingerprint density at radius 3 is 2.18 bits per heavy atom. The van der Waals surface area contributed by atoms with Gasteiger partial charge in [0.25, 0.3) is 0 Å². The zero-order chi connectivity index (χ0) is 23.9. The number of benzene rings is 3. The summed E-state index contributed by atoms with van der Waals surface area (Å²) in [7, 11) is 0. The van der Waals surface area contributed by atoms with Gasteiger partial charge in [0.05, 0.1) is 5.56 Å². The lowest BCUT2D eigenvalue weighted by atomic mass is 9.93. The van der Waals surface area contributed by atoms with E-state index in [1.807, 2.05) is 72.8 Å². The summed E-state index contributed by atoms with van der Waals surface area (Å²) in [5.41, 5.74) is 4.49. The highest BCUT2D eigenvalue weighted by Crippen LogP contribution is 2.41. The molecule has 4 aromatic rings. The number of aliphatic hydroxyl groups is 1. The molecule has 0 amide bonds. The van der Waals surface area contributed by atoms with Crippen molar-refractivity contribution in [3.63, 3.8) is 0 Å². The van der Waals surface area contributed by atoms with Crippen LogP contribution in [0, 0.1) is 0 Å². The van der Waals surface area contributed by atoms with Gasteiger partial charge in [-0.15, -0.1) is 0 Å². The largest absolute Gasteiger partial charge is 0.486 e. The highest BCUT2D eigenvalue weighted by atomic mass is 16.7. The van der Waals surface area contributed by atoms with Crippen molar-refractivity contribution >= 4 is 5.97 Å². The van der Waals surface area contributed by atoms with Gasteiger partial charge >= 0.3 is 5.97 Å². The second-order valence-corrected chi connectivity index (χ2v) is 7.54. The van der Waals surface area contributed by atoms with Crippen molar-refractivity contribution < 1.29 is 19.4 Å². The Kier molecular flexibility index (Phi) is 7.05. The van der Waals surface area contributed by atoms with E-state index in [-0.39, 0.29) is 12.2 Å². The van der Waals surface area contributed by atoms with Gasteiger partial charge in [0.2, 0.25) is 6.29 Å². The summed E-state index contributed by atoms with van der Waals surface area (Å²) in [6.45, 7) is 4.74. The van der Waals surface area contributed by atoms with E-state index in [2.05, 4.69) is 21.5 Å². The summed E-state index contributed by atoms with van der Waals surface area (Å²) in [5.74, 6) is 0.144. The van der Waals surface area contributed by atoms with Gasteiger partial charge in [0, 0.05) is 5.57 Å². The Balaban J connectivity index is 1.83. The molecule has 1 atom stereocenters. The number of nitrogens with zero attached hydrogens (tertiary/aromatic N) is 3. The second kappa shape index (κ2) is 10.5. The van der Waals surface area contributed by atoms with Crippen molar-refractivity contribution in [2.24, 2.45) is 0 Å². The minimum Gasteiger partial charge on any atom is -0.486 e. The molecule has 0 aliphatic heterocycles. The molecule has 0 fully saturated rings. The van der Waals surface area contributed by atoms with Crippen LogP contribution in [0.3, 0.4) is 0 Å². The fourth-order valence-electron chi connectivity index (χ4n) is 3.39. The molecule has 0 saturated carbocycles. The summed E-state index contributed by atoms with van der Waals surface area (Å²) in [5, 5.41) is 10.2. The predicted octanol–water partition coefficient (Wildman–Crippen LogP) is 4.69. The van der Waals surface area contributed by atoms with E-state index >= 15 is 0 Å². The molecule has 7 nitrogen and oxygen atoms in total. The first-order chi connectivity index (χ1) is 16.5. The summed E-state index contributed by atoms with van der Waals surface area (Å²) in [6.07, 6.45) is 1.35. The molecule has 34 heavy (non-hydrogen) atoms. The van der Waals surface area contributed by atoms with Crippen LogP contribution in [0.25, 0.3) is 33.6 Å². The molecule has 0 bridgehead atoms. The van der Waals surface area contributed by atoms with E-state index in [1.165, 1.54) is 19.6 Å². The third-order valence-corrected chi connectivity index (χ3v) is 4.98. The van der Waals surface area contributed by atoms with E-state index in [1.54, 1.807) is 0 Å². The smallest absolute Gasteiger partial charge is 0.335 e. The first-order valence-electron chi connectivity index (χ1n) is 10.6. The maximum atomic E-state index is 11.8. The van der Waals surface area contributed by atoms with Crippen LogP contribution in [-0.4, -0.2) is 38.9 Å². The molecule has 1 unspecified atom stereocenters. The number of ether oxygens (including phenoxy) is 2. The molecular formula is C27H23N3O4. The maximum absolute atomic E-state index is 11.8. The maximum Gasteiger partial charge on any atom is 0.335 e. The molecule has 170 valence electrons. The van der Waals surface area contributed by atoms with E-state index in [0.717, 1.165) is 22.3 Å². The van der Waals surface area contributed by atoms with Gasteiger partial charge in [-0.3, -0.25) is 0 Å². The van der Waals surface area contributed by atoms with Crippen LogP contribution >= 0.6 is 0 Å². The van der Waals surface area contributed by atoms with Crippen molar-refractivity contribution in [1.82, 2.24) is 15.0 Å². The number of hydrogen-bond acceptors (Lipinski definition) is 7. The Hall–Kier alpha value is -4.36. The molecule has 0 radical (unpaired) electrons. The molecule has 7 heteroatoms. The number of esters is 1. The van der Waals surface area contributed by atoms with Crippen LogP contribution in [0.5, 0.6) is 5.75 Å². The van der Waals surface area contributed by atoms with Gasteiger partial charge in [-0.05, 0) is 41.3 Å². The Labute approximate surface area is 197 Å². The minimum atomic E-state index is -1.48. The van der Waals surface area contributed by atoms with Crippen molar-refractivity contribution in [2.45, 2.75) is 13.2 Å². The Morgan fingerprint density at radius 2 is 1.56 bits per heavy atom. The SMILES string of the molecule is C=C(C)C(=O)OC(O)COc1cc(-c2ccccc2)cc(-c2ccccc2)c1-c1ncncn1. The summed E-state index contributed by atoms with van der Waals surface area (Å²) < 4.78 is 11.0. The number of aliphatic hydroxyl groups excluding tert-OH is 1. The highest BCUT2D eigenvalue weighted by molar-refractivity contribution is 5.89. The number of rotatable bonds is 8. The van der Waals surface area contributed by atoms with Crippen molar-refractivity contribution in [3.05, 3.63) is 97.6 Å². The quantitative estimate of drug-likeness (QED) is 0.235. The zero-order valence-corrected chi connectivity index (χ0v) is 18.6. The summed E-state index contributed by atoms with van der Waals surface area (Å²) in [4.78, 5) is 24.4. The Morgan fingerprint density at radius 1 is 0.941 bits per heavy atom. The second-order valence-electron chi connectivity index (χ2n) is 7.54. The zero-order valence-electron chi connectivity index (χ0n) is 18.6. The van der Waals surface area contributed by atoms with Gasteiger partial charge in [-0.2, -0.15) is 0 Å². The van der Waals surface area contributed by atoms with Crippen LogP contribution in [-0.2, 0) is 9.53 Å². The van der Waals surface area contributed by atoms with Crippen molar-refractivity contribution in [3.8, 4) is 39.4 Å². The van der Waals surface area contributed by atoms with E-state index in [9.17, 15) is 9.90 Å². The lowest BCUT2D eigenvalue weighted by Crippen LogP contribution is -2.25. The molecule has 0 aliphatic rings. The van der Waals surface area contributed by atoms with Gasteiger partial charge in [0.15, 0.2) is 12.4 Å². The third-order valence-electron chi connectivity index (χ3n) is 4.98. The fraction of sp³-hybridized carbons (Fsp3) is 0.111. The number of carbonyl (C=O) groups is 1. The van der Waals surface area contributed by atoms with Gasteiger partial charge in [-0.1, -0.05) is 67.2 Å². The van der Waals surface area contributed by atoms with Crippen molar-refractivity contribution in [2.75, 3.05) is 6.61 Å². The Bertz CT molecular complexity index is 1280. The summed E-state index contributed by atoms with van der Waals surface area (Å²) in [6, 6.07) is 23.6. The lowest BCUT2D eigenvalue weighted by Gasteiger charge is -2.19. The molecule has 0 saturated heterocycles. The van der Waals surface area contributed by atoms with Crippen LogP contribution in [0.1, 0.15) is 6.92 Å². The average Bonchev–Trinajstić information content (AvgIpc) is 2.88. The minimum absolute atomic E-state index is 0.183. The molecule has 0 aliphatic carbocycles. The standard InChI is InChI=1S/C27H23N3O4/c1-18(2)27(32)34-24(31)15-33-23-14-21(19-9-5-3-6-10-19)13-22(20-11-7-4-8-12-20)25(23)26-29-16-28-17-30-26/h3-14,16-17,24,31H,1,15H2,2H3. The fourth-order valence-corrected chi connectivity index (χ4v) is 3.39. The van der Waals surface area contributed by atoms with Gasteiger partial charge < -0.3 is 14.6 Å². The van der Waals surface area contributed by atoms with E-state index < -0.39 is 12.3 Å². The molecule has 3 aromatic carbocycles. The third kappa shape index (κ3) is 5.33. The molecule has 1 aromatic heterocycles. The predicted molar refractivity (Wildman–Crippen MR) is 129 cm³/mol. The highest BCUT2D eigenvalue weighted by Gasteiger charge is 2.20. The first kappa shape index (κ1) is 22.8. The monoisotopic (exact) mass is 453 g/mol. The number of hydrogen-bond donors (Lipinski definition) is 1. The first-order valence-corrected chi connectivity index (χ1v) is 10.6. The van der Waals surface area contributed by atoms with Crippen LogP contribution in [0.4, 0.5) is 0 Å². The van der Waals surface area contributed by atoms with Crippen LogP contribution in [0.2, 0.25) is 0 Å². The van der Waals surface area contributed by atoms with Crippen molar-refractivity contribution in [1.29, 1.82) is 0 Å². The topological polar surface area (TPSA) is 94.4 Å². The molecule has 0 spiro atoms. The summed E-state index contributed by atoms with van der Waals surface area (Å²) >= 11 is 0. The van der Waals surface area contributed by atoms with Crippen LogP contribution in [0.15, 0.2) is 97.6 Å². The normalized spacial score (nSPS) is 11.5. The number of aromatic nitrogens is 3. The van der Waals surface area contributed by atoms with Crippen LogP contribution < -0.4 is 4.74 Å². The van der Waals surface area contributed by atoms with Gasteiger partial charge in [0.1, 0.15) is 18.4 Å². The van der Waals surface area contributed by atoms with Gasteiger partial charge in [-0.25, -0.2) is 19.7 Å². The number of carbonyl (C=O) groups excluding carboxylic acids is 1. The van der Waals surface area contributed by atoms with E-state index in [0.29, 0.717) is 17.1 Å². The lowest BCUT2D eigenvalue weighted by molar-refractivity contribution is -0.167. The molecular weight excluding hydrogens is 430 g/mol. The average molecular weight is 453 g/mol.